The highest BCUT2D eigenvalue weighted by atomic mass is 31.2. The van der Waals surface area contributed by atoms with Gasteiger partial charge in [0.1, 0.15) is 5.28 Å². The minimum atomic E-state index is -3.73. The summed E-state index contributed by atoms with van der Waals surface area (Å²) >= 11 is 0. The van der Waals surface area contributed by atoms with Crippen LogP contribution < -0.4 is 5.73 Å². The third kappa shape index (κ3) is 3.28. The van der Waals surface area contributed by atoms with Crippen LogP contribution in [0, 0.1) is 5.92 Å². The highest BCUT2D eigenvalue weighted by Crippen LogP contribution is 2.57. The highest BCUT2D eigenvalue weighted by Gasteiger charge is 2.47. The van der Waals surface area contributed by atoms with Gasteiger partial charge < -0.3 is 15.2 Å². The van der Waals surface area contributed by atoms with Crippen molar-refractivity contribution in [1.29, 1.82) is 0 Å². The molecule has 0 amide bonds. The van der Waals surface area contributed by atoms with Gasteiger partial charge in [-0.2, -0.15) is 0 Å². The first kappa shape index (κ1) is 15.1. The van der Waals surface area contributed by atoms with Crippen LogP contribution in [0.2, 0.25) is 0 Å². The first-order chi connectivity index (χ1) is 6.85. The van der Waals surface area contributed by atoms with E-state index in [9.17, 15) is 9.46 Å². The summed E-state index contributed by atoms with van der Waals surface area (Å²) in [6, 6.07) is 0. The standard InChI is InChI=1S/C10H24NO3P/c1-5-8-14-15(12,13)10(11,7-3)9(4)6-2/h9H,5-8,11H2,1-4H3,(H,12,13). The predicted molar refractivity (Wildman–Crippen MR) is 62.7 cm³/mol. The topological polar surface area (TPSA) is 72.5 Å². The highest BCUT2D eigenvalue weighted by molar-refractivity contribution is 7.54. The van der Waals surface area contributed by atoms with E-state index in [-0.39, 0.29) is 12.5 Å². The molecule has 0 aliphatic carbocycles. The van der Waals surface area contributed by atoms with Gasteiger partial charge in [-0.25, -0.2) is 0 Å². The van der Waals surface area contributed by atoms with Gasteiger partial charge in [-0.15, -0.1) is 0 Å². The van der Waals surface area contributed by atoms with Crippen molar-refractivity contribution in [2.24, 2.45) is 11.7 Å². The van der Waals surface area contributed by atoms with E-state index in [2.05, 4.69) is 0 Å². The minimum Gasteiger partial charge on any atom is -0.323 e. The molecule has 0 aromatic carbocycles. The average Bonchev–Trinajstić information content (AvgIpc) is 2.23. The fourth-order valence-electron chi connectivity index (χ4n) is 1.52. The summed E-state index contributed by atoms with van der Waals surface area (Å²) in [5.74, 6) is -0.0322. The lowest BCUT2D eigenvalue weighted by atomic mass is 9.97. The zero-order valence-electron chi connectivity index (χ0n) is 10.2. The summed E-state index contributed by atoms with van der Waals surface area (Å²) in [6.07, 6.45) is 1.93. The summed E-state index contributed by atoms with van der Waals surface area (Å²) in [6.45, 7) is 7.85. The lowest BCUT2D eigenvalue weighted by molar-refractivity contribution is 0.208. The quantitative estimate of drug-likeness (QED) is 0.668. The summed E-state index contributed by atoms with van der Waals surface area (Å²) in [5, 5.41) is -1.11. The normalized spacial score (nSPS) is 21.7. The average molecular weight is 237 g/mol. The fourth-order valence-corrected chi connectivity index (χ4v) is 3.33. The SMILES string of the molecule is CCCOP(=O)(O)C(N)(CC)C(C)CC. The second kappa shape index (κ2) is 6.00. The Labute approximate surface area is 92.7 Å². The smallest absolute Gasteiger partial charge is 0.323 e. The van der Waals surface area contributed by atoms with Crippen molar-refractivity contribution < 1.29 is 14.0 Å². The lowest BCUT2D eigenvalue weighted by Gasteiger charge is -2.36. The van der Waals surface area contributed by atoms with Gasteiger partial charge in [0.05, 0.1) is 6.61 Å². The van der Waals surface area contributed by atoms with Gasteiger partial charge in [0.25, 0.3) is 0 Å². The van der Waals surface area contributed by atoms with E-state index < -0.39 is 12.9 Å². The van der Waals surface area contributed by atoms with Crippen molar-refractivity contribution >= 4 is 7.60 Å². The zero-order chi connectivity index (χ0) is 12.1. The van der Waals surface area contributed by atoms with Crippen LogP contribution in [0.15, 0.2) is 0 Å². The lowest BCUT2D eigenvalue weighted by Crippen LogP contribution is -2.45. The number of rotatable bonds is 7. The van der Waals surface area contributed by atoms with Crippen molar-refractivity contribution in [2.75, 3.05) is 6.61 Å². The molecule has 3 unspecified atom stereocenters. The van der Waals surface area contributed by atoms with Gasteiger partial charge in [-0.3, -0.25) is 4.57 Å². The number of hydrogen-bond donors (Lipinski definition) is 2. The fraction of sp³-hybridized carbons (Fsp3) is 1.00. The summed E-state index contributed by atoms with van der Waals surface area (Å²) in [4.78, 5) is 9.87. The molecular formula is C10H24NO3P. The van der Waals surface area contributed by atoms with Crippen molar-refractivity contribution in [3.05, 3.63) is 0 Å². The van der Waals surface area contributed by atoms with Crippen molar-refractivity contribution in [2.45, 2.75) is 52.2 Å². The van der Waals surface area contributed by atoms with Crippen LogP contribution in [0.3, 0.4) is 0 Å². The molecule has 5 heteroatoms. The molecule has 0 saturated carbocycles. The number of hydrogen-bond acceptors (Lipinski definition) is 3. The maximum Gasteiger partial charge on any atom is 0.348 e. The van der Waals surface area contributed by atoms with E-state index in [1.54, 1.807) is 0 Å². The molecular weight excluding hydrogens is 213 g/mol. The van der Waals surface area contributed by atoms with Crippen LogP contribution in [-0.4, -0.2) is 16.8 Å². The Morgan fingerprint density at radius 3 is 2.33 bits per heavy atom. The molecule has 0 rings (SSSR count). The Balaban J connectivity index is 4.83. The monoisotopic (exact) mass is 237 g/mol. The molecule has 0 radical (unpaired) electrons. The molecule has 0 bridgehead atoms. The molecule has 92 valence electrons. The van der Waals surface area contributed by atoms with Gasteiger partial charge in [0.2, 0.25) is 0 Å². The van der Waals surface area contributed by atoms with Crippen LogP contribution in [0.5, 0.6) is 0 Å². The Morgan fingerprint density at radius 1 is 1.47 bits per heavy atom. The third-order valence-electron chi connectivity index (χ3n) is 3.03. The third-order valence-corrected chi connectivity index (χ3v) is 5.37. The molecule has 3 atom stereocenters. The Morgan fingerprint density at radius 2 is 2.00 bits per heavy atom. The van der Waals surface area contributed by atoms with E-state index in [0.29, 0.717) is 12.8 Å². The second-order valence-electron chi connectivity index (χ2n) is 4.01. The van der Waals surface area contributed by atoms with Gasteiger partial charge in [-0.05, 0) is 18.8 Å². The van der Waals surface area contributed by atoms with Crippen LogP contribution in [0.4, 0.5) is 0 Å². The van der Waals surface area contributed by atoms with Crippen molar-refractivity contribution in [1.82, 2.24) is 0 Å². The summed E-state index contributed by atoms with van der Waals surface area (Å²) < 4.78 is 17.1. The molecule has 0 saturated heterocycles. The first-order valence-corrected chi connectivity index (χ1v) is 7.19. The summed E-state index contributed by atoms with van der Waals surface area (Å²) in [7, 11) is -3.73. The largest absolute Gasteiger partial charge is 0.348 e. The number of nitrogens with two attached hydrogens (primary N) is 1. The van der Waals surface area contributed by atoms with E-state index in [1.807, 2.05) is 27.7 Å². The van der Waals surface area contributed by atoms with Gasteiger partial charge in [0, 0.05) is 0 Å². The van der Waals surface area contributed by atoms with Gasteiger partial charge >= 0.3 is 7.60 Å². The molecule has 0 heterocycles. The molecule has 0 aliphatic rings. The molecule has 0 fully saturated rings. The summed E-state index contributed by atoms with van der Waals surface area (Å²) in [5.41, 5.74) is 6.03. The predicted octanol–water partition coefficient (Wildman–Crippen LogP) is 2.71. The van der Waals surface area contributed by atoms with E-state index >= 15 is 0 Å². The molecule has 0 aromatic heterocycles. The first-order valence-electron chi connectivity index (χ1n) is 5.62. The van der Waals surface area contributed by atoms with Crippen LogP contribution >= 0.6 is 7.60 Å². The van der Waals surface area contributed by atoms with E-state index in [0.717, 1.165) is 6.42 Å². The van der Waals surface area contributed by atoms with Crippen LogP contribution in [0.1, 0.15) is 47.0 Å². The molecule has 0 aromatic rings. The van der Waals surface area contributed by atoms with Crippen LogP contribution in [-0.2, 0) is 9.09 Å². The van der Waals surface area contributed by atoms with Crippen molar-refractivity contribution in [3.8, 4) is 0 Å². The maximum atomic E-state index is 12.0. The van der Waals surface area contributed by atoms with Crippen LogP contribution in [0.25, 0.3) is 0 Å². The minimum absolute atomic E-state index is 0.0322. The van der Waals surface area contributed by atoms with Gasteiger partial charge in [0.15, 0.2) is 0 Å². The van der Waals surface area contributed by atoms with Gasteiger partial charge in [-0.1, -0.05) is 34.1 Å². The zero-order valence-corrected chi connectivity index (χ0v) is 11.1. The molecule has 15 heavy (non-hydrogen) atoms. The van der Waals surface area contributed by atoms with E-state index in [4.69, 9.17) is 10.3 Å². The molecule has 0 aliphatic heterocycles. The molecule has 4 nitrogen and oxygen atoms in total. The molecule has 0 spiro atoms. The second-order valence-corrected chi connectivity index (χ2v) is 6.14. The Bertz CT molecular complexity index is 235. The Kier molecular flexibility index (Phi) is 6.04. The molecule has 3 N–H and O–H groups in total. The van der Waals surface area contributed by atoms with Crippen molar-refractivity contribution in [3.63, 3.8) is 0 Å². The Hall–Kier alpha value is 0.110. The van der Waals surface area contributed by atoms with E-state index in [1.165, 1.54) is 0 Å². The maximum absolute atomic E-state index is 12.0.